The van der Waals surface area contributed by atoms with E-state index in [-0.39, 0.29) is 6.10 Å². The third-order valence-corrected chi connectivity index (χ3v) is 3.03. The van der Waals surface area contributed by atoms with Gasteiger partial charge in [-0.05, 0) is 36.4 Å². The van der Waals surface area contributed by atoms with E-state index in [4.69, 9.17) is 18.9 Å². The van der Waals surface area contributed by atoms with Crippen LogP contribution in [0.2, 0.25) is 0 Å². The first kappa shape index (κ1) is 13.8. The minimum atomic E-state index is 0.274. The highest BCUT2D eigenvalue weighted by molar-refractivity contribution is 5.31. The smallest absolute Gasteiger partial charge is 0.122 e. The van der Waals surface area contributed by atoms with E-state index in [9.17, 15) is 0 Å². The molecule has 0 saturated carbocycles. The number of ether oxygens (including phenoxy) is 4. The molecule has 0 aliphatic carbocycles. The average Bonchev–Trinajstić information content (AvgIpc) is 3.36. The lowest BCUT2D eigenvalue weighted by molar-refractivity contribution is 0.216. The number of epoxide rings is 1. The van der Waals surface area contributed by atoms with Crippen LogP contribution in [0.25, 0.3) is 0 Å². The maximum absolute atomic E-state index is 5.62. The molecule has 4 heteroatoms. The number of hydrogen-bond donors (Lipinski definition) is 0. The summed E-state index contributed by atoms with van der Waals surface area (Å²) in [4.78, 5) is 0. The lowest BCUT2D eigenvalue weighted by Gasteiger charge is -2.09. The Bertz CT molecular complexity index is 534. The summed E-state index contributed by atoms with van der Waals surface area (Å²) in [7, 11) is 0. The van der Waals surface area contributed by atoms with Crippen molar-refractivity contribution >= 4 is 0 Å². The molecule has 1 aliphatic heterocycles. The van der Waals surface area contributed by atoms with E-state index in [1.807, 2.05) is 54.6 Å². The SMILES string of the molecule is c1ccc(OCCOc2ccc(OCC3CO3)cc2)cc1. The summed E-state index contributed by atoms with van der Waals surface area (Å²) in [5, 5.41) is 0. The number of rotatable bonds is 8. The van der Waals surface area contributed by atoms with Crippen molar-refractivity contribution in [2.75, 3.05) is 26.4 Å². The molecule has 1 aliphatic rings. The summed E-state index contributed by atoms with van der Waals surface area (Å²) in [6.45, 7) is 2.44. The number of para-hydroxylation sites is 1. The zero-order valence-electron chi connectivity index (χ0n) is 11.7. The van der Waals surface area contributed by atoms with Gasteiger partial charge in [-0.2, -0.15) is 0 Å². The molecule has 0 N–H and O–H groups in total. The molecule has 0 aromatic heterocycles. The molecule has 1 saturated heterocycles. The van der Waals surface area contributed by atoms with E-state index in [2.05, 4.69) is 0 Å². The summed E-state index contributed by atoms with van der Waals surface area (Å²) < 4.78 is 21.8. The van der Waals surface area contributed by atoms with Crippen LogP contribution in [-0.2, 0) is 4.74 Å². The Kier molecular flexibility index (Phi) is 4.59. The molecule has 0 radical (unpaired) electrons. The highest BCUT2D eigenvalue weighted by atomic mass is 16.6. The predicted octanol–water partition coefficient (Wildman–Crippen LogP) is 2.92. The molecular weight excluding hydrogens is 268 g/mol. The van der Waals surface area contributed by atoms with Gasteiger partial charge in [0.15, 0.2) is 0 Å². The van der Waals surface area contributed by atoms with Gasteiger partial charge in [-0.15, -0.1) is 0 Å². The van der Waals surface area contributed by atoms with Crippen molar-refractivity contribution in [3.05, 3.63) is 54.6 Å². The van der Waals surface area contributed by atoms with Crippen LogP contribution in [0.3, 0.4) is 0 Å². The Hall–Kier alpha value is -2.20. The van der Waals surface area contributed by atoms with Crippen LogP contribution in [0.4, 0.5) is 0 Å². The first-order valence-electron chi connectivity index (χ1n) is 7.05. The van der Waals surface area contributed by atoms with Gasteiger partial charge >= 0.3 is 0 Å². The van der Waals surface area contributed by atoms with Gasteiger partial charge < -0.3 is 18.9 Å². The number of hydrogen-bond acceptors (Lipinski definition) is 4. The zero-order chi connectivity index (χ0) is 14.3. The molecule has 3 rings (SSSR count). The monoisotopic (exact) mass is 286 g/mol. The molecule has 0 spiro atoms. The molecule has 21 heavy (non-hydrogen) atoms. The van der Waals surface area contributed by atoms with Crippen LogP contribution in [0, 0.1) is 0 Å². The van der Waals surface area contributed by atoms with Gasteiger partial charge in [0.25, 0.3) is 0 Å². The van der Waals surface area contributed by atoms with Crippen LogP contribution in [0.1, 0.15) is 0 Å². The van der Waals surface area contributed by atoms with Gasteiger partial charge in [-0.25, -0.2) is 0 Å². The lowest BCUT2D eigenvalue weighted by atomic mass is 10.3. The first-order valence-corrected chi connectivity index (χ1v) is 7.05. The Labute approximate surface area is 124 Å². The minimum absolute atomic E-state index is 0.274. The van der Waals surface area contributed by atoms with Gasteiger partial charge in [0.1, 0.15) is 43.2 Å². The first-order chi connectivity index (χ1) is 10.4. The van der Waals surface area contributed by atoms with E-state index in [1.165, 1.54) is 0 Å². The summed E-state index contributed by atoms with van der Waals surface area (Å²) in [5.74, 6) is 2.49. The summed E-state index contributed by atoms with van der Waals surface area (Å²) in [5.41, 5.74) is 0. The average molecular weight is 286 g/mol. The Morgan fingerprint density at radius 3 is 1.86 bits per heavy atom. The molecule has 0 amide bonds. The van der Waals surface area contributed by atoms with Crippen LogP contribution in [-0.4, -0.2) is 32.5 Å². The van der Waals surface area contributed by atoms with Crippen LogP contribution in [0.5, 0.6) is 17.2 Å². The van der Waals surface area contributed by atoms with Gasteiger partial charge in [0, 0.05) is 0 Å². The van der Waals surface area contributed by atoms with Gasteiger partial charge in [-0.1, -0.05) is 18.2 Å². The van der Waals surface area contributed by atoms with E-state index in [0.717, 1.165) is 23.9 Å². The molecule has 110 valence electrons. The fourth-order valence-electron chi connectivity index (χ4n) is 1.82. The van der Waals surface area contributed by atoms with E-state index in [0.29, 0.717) is 19.8 Å². The van der Waals surface area contributed by atoms with E-state index < -0.39 is 0 Å². The van der Waals surface area contributed by atoms with Crippen LogP contribution < -0.4 is 14.2 Å². The molecule has 0 bridgehead atoms. The maximum atomic E-state index is 5.62. The molecule has 2 aromatic carbocycles. The minimum Gasteiger partial charge on any atom is -0.491 e. The summed E-state index contributed by atoms with van der Waals surface area (Å²) >= 11 is 0. The fourth-order valence-corrected chi connectivity index (χ4v) is 1.82. The molecule has 1 atom stereocenters. The molecule has 4 nitrogen and oxygen atoms in total. The van der Waals surface area contributed by atoms with Crippen molar-refractivity contribution in [3.63, 3.8) is 0 Å². The molecule has 1 fully saturated rings. The van der Waals surface area contributed by atoms with E-state index in [1.54, 1.807) is 0 Å². The maximum Gasteiger partial charge on any atom is 0.122 e. The second kappa shape index (κ2) is 6.99. The Morgan fingerprint density at radius 1 is 0.762 bits per heavy atom. The summed E-state index contributed by atoms with van der Waals surface area (Å²) in [6.07, 6.45) is 0.274. The van der Waals surface area contributed by atoms with Gasteiger partial charge in [0.2, 0.25) is 0 Å². The molecule has 1 unspecified atom stereocenters. The van der Waals surface area contributed by atoms with Crippen LogP contribution >= 0.6 is 0 Å². The van der Waals surface area contributed by atoms with Crippen molar-refractivity contribution < 1.29 is 18.9 Å². The quantitative estimate of drug-likeness (QED) is 0.552. The van der Waals surface area contributed by atoms with Crippen molar-refractivity contribution in [3.8, 4) is 17.2 Å². The van der Waals surface area contributed by atoms with Crippen molar-refractivity contribution in [1.29, 1.82) is 0 Å². The topological polar surface area (TPSA) is 40.2 Å². The molecule has 2 aromatic rings. The largest absolute Gasteiger partial charge is 0.491 e. The third-order valence-electron chi connectivity index (χ3n) is 3.03. The normalized spacial score (nSPS) is 16.3. The zero-order valence-corrected chi connectivity index (χ0v) is 11.7. The lowest BCUT2D eigenvalue weighted by Crippen LogP contribution is -2.09. The molecule has 1 heterocycles. The second-order valence-electron chi connectivity index (χ2n) is 4.75. The standard InChI is InChI=1S/C17H18O4/c1-2-4-14(5-3-1)18-10-11-19-15-6-8-16(9-7-15)20-12-17-13-21-17/h1-9,17H,10-13H2. The van der Waals surface area contributed by atoms with Gasteiger partial charge in [0.05, 0.1) is 6.61 Å². The van der Waals surface area contributed by atoms with E-state index >= 15 is 0 Å². The Balaban J connectivity index is 1.36. The highest BCUT2D eigenvalue weighted by Gasteiger charge is 2.22. The predicted molar refractivity (Wildman–Crippen MR) is 79.1 cm³/mol. The van der Waals surface area contributed by atoms with Gasteiger partial charge in [-0.3, -0.25) is 0 Å². The van der Waals surface area contributed by atoms with Crippen molar-refractivity contribution in [2.45, 2.75) is 6.10 Å². The fraction of sp³-hybridized carbons (Fsp3) is 0.294. The Morgan fingerprint density at radius 2 is 1.29 bits per heavy atom. The van der Waals surface area contributed by atoms with Crippen molar-refractivity contribution in [1.82, 2.24) is 0 Å². The van der Waals surface area contributed by atoms with Crippen molar-refractivity contribution in [2.24, 2.45) is 0 Å². The van der Waals surface area contributed by atoms with Crippen LogP contribution in [0.15, 0.2) is 54.6 Å². The third kappa shape index (κ3) is 4.68. The highest BCUT2D eigenvalue weighted by Crippen LogP contribution is 2.19. The molecular formula is C17H18O4. The second-order valence-corrected chi connectivity index (χ2v) is 4.75. The summed E-state index contributed by atoms with van der Waals surface area (Å²) in [6, 6.07) is 17.3. The number of benzene rings is 2.